The maximum Gasteiger partial charge on any atom is 0.255 e. The summed E-state index contributed by atoms with van der Waals surface area (Å²) in [6.45, 7) is 6.04. The Morgan fingerprint density at radius 3 is 2.27 bits per heavy atom. The Bertz CT molecular complexity index is 983. The maximum atomic E-state index is 13.9. The van der Waals surface area contributed by atoms with Gasteiger partial charge in [0.15, 0.2) is 0 Å². The number of halogens is 1. The van der Waals surface area contributed by atoms with Gasteiger partial charge in [-0.3, -0.25) is 4.79 Å². The lowest BCUT2D eigenvalue weighted by Crippen LogP contribution is -2.31. The number of carbonyl (C=O) groups excluding carboxylic acids is 1. The van der Waals surface area contributed by atoms with Gasteiger partial charge in [0.25, 0.3) is 5.91 Å². The molecule has 1 saturated heterocycles. The zero-order valence-electron chi connectivity index (χ0n) is 17.4. The fourth-order valence-corrected chi connectivity index (χ4v) is 5.16. The number of rotatable bonds is 7. The van der Waals surface area contributed by atoms with Crippen LogP contribution >= 0.6 is 0 Å². The number of benzene rings is 2. The molecule has 3 rings (SSSR count). The standard InChI is InChI=1S/C22H28FN3O3S/c1-3-26(4-2)30(28,29)19-11-8-17(9-12-19)22(27)24-20-16-18(23)10-13-21(20)25-14-6-5-7-15-25/h8-13,16H,3-7,14-15H2,1-2H3,(H,24,27). The van der Waals surface area contributed by atoms with Crippen LogP contribution in [0.5, 0.6) is 0 Å². The number of hydrogen-bond donors (Lipinski definition) is 1. The van der Waals surface area contributed by atoms with Gasteiger partial charge in [0.05, 0.1) is 16.3 Å². The van der Waals surface area contributed by atoms with Crippen LogP contribution < -0.4 is 10.2 Å². The highest BCUT2D eigenvalue weighted by Crippen LogP contribution is 2.30. The number of sulfonamides is 1. The van der Waals surface area contributed by atoms with Gasteiger partial charge in [0.1, 0.15) is 5.82 Å². The second-order valence-electron chi connectivity index (χ2n) is 7.28. The van der Waals surface area contributed by atoms with Crippen molar-refractivity contribution in [2.45, 2.75) is 38.0 Å². The first-order valence-corrected chi connectivity index (χ1v) is 11.8. The summed E-state index contributed by atoms with van der Waals surface area (Å²) in [6.07, 6.45) is 3.29. The van der Waals surface area contributed by atoms with E-state index < -0.39 is 21.7 Å². The number of hydrogen-bond acceptors (Lipinski definition) is 4. The minimum absolute atomic E-state index is 0.141. The molecule has 0 radical (unpaired) electrons. The van der Waals surface area contributed by atoms with Gasteiger partial charge in [-0.25, -0.2) is 12.8 Å². The molecular formula is C22H28FN3O3S. The molecule has 162 valence electrons. The predicted molar refractivity (Wildman–Crippen MR) is 117 cm³/mol. The Hall–Kier alpha value is -2.45. The van der Waals surface area contributed by atoms with Gasteiger partial charge in [-0.05, 0) is 61.7 Å². The molecule has 1 N–H and O–H groups in total. The first-order chi connectivity index (χ1) is 14.4. The summed E-state index contributed by atoms with van der Waals surface area (Å²) < 4.78 is 40.4. The molecule has 0 aliphatic carbocycles. The van der Waals surface area contributed by atoms with Crippen molar-refractivity contribution in [3.63, 3.8) is 0 Å². The smallest absolute Gasteiger partial charge is 0.255 e. The second kappa shape index (κ2) is 9.57. The van der Waals surface area contributed by atoms with Crippen molar-refractivity contribution < 1.29 is 17.6 Å². The molecule has 30 heavy (non-hydrogen) atoms. The summed E-state index contributed by atoms with van der Waals surface area (Å²) in [4.78, 5) is 15.0. The van der Waals surface area contributed by atoms with Crippen molar-refractivity contribution in [2.24, 2.45) is 0 Å². The number of nitrogens with one attached hydrogen (secondary N) is 1. The lowest BCUT2D eigenvalue weighted by molar-refractivity contribution is 0.102. The molecule has 0 saturated carbocycles. The number of amides is 1. The van der Waals surface area contributed by atoms with Gasteiger partial charge in [-0.2, -0.15) is 4.31 Å². The number of anilines is 2. The highest BCUT2D eigenvalue weighted by Gasteiger charge is 2.22. The van der Waals surface area contributed by atoms with Gasteiger partial charge >= 0.3 is 0 Å². The third-order valence-corrected chi connectivity index (χ3v) is 7.43. The lowest BCUT2D eigenvalue weighted by Gasteiger charge is -2.30. The Balaban J connectivity index is 1.81. The van der Waals surface area contributed by atoms with E-state index in [1.165, 1.54) is 47.1 Å². The molecule has 1 fully saturated rings. The molecule has 0 atom stereocenters. The molecule has 6 nitrogen and oxygen atoms in total. The molecule has 0 spiro atoms. The van der Waals surface area contributed by atoms with Crippen LogP contribution in [0.3, 0.4) is 0 Å². The minimum atomic E-state index is -3.58. The van der Waals surface area contributed by atoms with E-state index in [0.717, 1.165) is 31.6 Å². The fourth-order valence-electron chi connectivity index (χ4n) is 3.70. The third-order valence-electron chi connectivity index (χ3n) is 5.36. The Kier molecular flexibility index (Phi) is 7.10. The molecule has 0 aromatic heterocycles. The Morgan fingerprint density at radius 1 is 1.03 bits per heavy atom. The van der Waals surface area contributed by atoms with Gasteiger partial charge in [-0.1, -0.05) is 13.8 Å². The first-order valence-electron chi connectivity index (χ1n) is 10.3. The average Bonchev–Trinajstić information content (AvgIpc) is 2.75. The van der Waals surface area contributed by atoms with E-state index >= 15 is 0 Å². The summed E-state index contributed by atoms with van der Waals surface area (Å²) in [5, 5.41) is 2.79. The molecule has 2 aromatic rings. The molecular weight excluding hydrogens is 405 g/mol. The molecule has 1 aliphatic rings. The van der Waals surface area contributed by atoms with Crippen LogP contribution in [0.1, 0.15) is 43.5 Å². The monoisotopic (exact) mass is 433 g/mol. The third kappa shape index (κ3) is 4.82. The zero-order chi connectivity index (χ0) is 21.7. The largest absolute Gasteiger partial charge is 0.370 e. The minimum Gasteiger partial charge on any atom is -0.370 e. The van der Waals surface area contributed by atoms with E-state index in [-0.39, 0.29) is 4.90 Å². The van der Waals surface area contributed by atoms with Crippen LogP contribution in [0, 0.1) is 5.82 Å². The Labute approximate surface area is 177 Å². The van der Waals surface area contributed by atoms with Crippen LogP contribution in [0.15, 0.2) is 47.4 Å². The fraction of sp³-hybridized carbons (Fsp3) is 0.409. The maximum absolute atomic E-state index is 13.9. The summed E-state index contributed by atoms with van der Waals surface area (Å²) in [5.41, 5.74) is 1.52. The topological polar surface area (TPSA) is 69.7 Å². The molecule has 0 bridgehead atoms. The van der Waals surface area contributed by atoms with Gasteiger partial charge < -0.3 is 10.2 Å². The molecule has 1 aliphatic heterocycles. The highest BCUT2D eigenvalue weighted by molar-refractivity contribution is 7.89. The molecule has 0 unspecified atom stereocenters. The van der Waals surface area contributed by atoms with Crippen molar-refractivity contribution in [3.8, 4) is 0 Å². The van der Waals surface area contributed by atoms with Crippen molar-refractivity contribution in [1.82, 2.24) is 4.31 Å². The number of nitrogens with zero attached hydrogens (tertiary/aromatic N) is 2. The van der Waals surface area contributed by atoms with Crippen LogP contribution in [0.4, 0.5) is 15.8 Å². The van der Waals surface area contributed by atoms with E-state index in [2.05, 4.69) is 10.2 Å². The first kappa shape index (κ1) is 22.2. The Morgan fingerprint density at radius 2 is 1.67 bits per heavy atom. The van der Waals surface area contributed by atoms with E-state index in [0.29, 0.717) is 24.3 Å². The second-order valence-corrected chi connectivity index (χ2v) is 9.21. The molecule has 8 heteroatoms. The molecule has 1 heterocycles. The van der Waals surface area contributed by atoms with Crippen LogP contribution in [0.2, 0.25) is 0 Å². The lowest BCUT2D eigenvalue weighted by atomic mass is 10.1. The SMILES string of the molecule is CCN(CC)S(=O)(=O)c1ccc(C(=O)Nc2cc(F)ccc2N2CCCCC2)cc1. The van der Waals surface area contributed by atoms with E-state index in [9.17, 15) is 17.6 Å². The van der Waals surface area contributed by atoms with Gasteiger partial charge in [0.2, 0.25) is 10.0 Å². The van der Waals surface area contributed by atoms with E-state index in [4.69, 9.17) is 0 Å². The normalized spacial score (nSPS) is 14.7. The molecule has 1 amide bonds. The highest BCUT2D eigenvalue weighted by atomic mass is 32.2. The van der Waals surface area contributed by atoms with E-state index in [1.807, 2.05) is 0 Å². The summed E-state index contributed by atoms with van der Waals surface area (Å²) in [7, 11) is -3.58. The van der Waals surface area contributed by atoms with Gasteiger partial charge in [0, 0.05) is 31.7 Å². The van der Waals surface area contributed by atoms with E-state index in [1.54, 1.807) is 19.9 Å². The zero-order valence-corrected chi connectivity index (χ0v) is 18.2. The van der Waals surface area contributed by atoms with Crippen molar-refractivity contribution >= 4 is 27.3 Å². The summed E-state index contributed by atoms with van der Waals surface area (Å²) in [6, 6.07) is 10.2. The number of carbonyl (C=O) groups is 1. The van der Waals surface area contributed by atoms with Crippen molar-refractivity contribution in [2.75, 3.05) is 36.4 Å². The molecule has 2 aromatic carbocycles. The van der Waals surface area contributed by atoms with Crippen LogP contribution in [0.25, 0.3) is 0 Å². The van der Waals surface area contributed by atoms with Crippen LogP contribution in [-0.4, -0.2) is 44.8 Å². The summed E-state index contributed by atoms with van der Waals surface area (Å²) >= 11 is 0. The van der Waals surface area contributed by atoms with Gasteiger partial charge in [-0.15, -0.1) is 0 Å². The van der Waals surface area contributed by atoms with Crippen molar-refractivity contribution in [1.29, 1.82) is 0 Å². The number of piperidine rings is 1. The summed E-state index contributed by atoms with van der Waals surface area (Å²) in [5.74, 6) is -0.836. The van der Waals surface area contributed by atoms with Crippen molar-refractivity contribution in [3.05, 3.63) is 53.8 Å². The predicted octanol–water partition coefficient (Wildman–Crippen LogP) is 4.10. The van der Waals surface area contributed by atoms with Crippen LogP contribution in [-0.2, 0) is 10.0 Å². The average molecular weight is 434 g/mol. The quantitative estimate of drug-likeness (QED) is 0.714.